The molecule has 0 unspecified atom stereocenters. The Morgan fingerprint density at radius 2 is 1.83 bits per heavy atom. The maximum absolute atomic E-state index is 12.9. The molecule has 1 aromatic heterocycles. The largest absolute Gasteiger partial charge is 0.507 e. The Morgan fingerprint density at radius 3 is 2.46 bits per heavy atom. The molecule has 1 aliphatic rings. The number of imide groups is 1. The lowest BCUT2D eigenvalue weighted by molar-refractivity contribution is -0.123. The van der Waals surface area contributed by atoms with Crippen molar-refractivity contribution in [3.63, 3.8) is 0 Å². The number of rotatable bonds is 3. The fourth-order valence-corrected chi connectivity index (χ4v) is 3.00. The number of hydrogen-bond donors (Lipinski definition) is 1. The number of phenolic OH excluding ortho intramolecular Hbond substituents is 1. The normalized spacial score (nSPS) is 16.8. The standard InChI is InChI=1S/C17H16BrN3O3/c1-17(2)15(23)21(12-3-4-14(22)13(18)9-12)16(24)20(17)10-11-5-7-19-8-6-11/h3-9,22H,10H2,1-2H3. The molecule has 0 aliphatic carbocycles. The van der Waals surface area contributed by atoms with Gasteiger partial charge in [0.05, 0.1) is 10.2 Å². The predicted molar refractivity (Wildman–Crippen MR) is 92.5 cm³/mol. The summed E-state index contributed by atoms with van der Waals surface area (Å²) >= 11 is 3.21. The molecule has 0 atom stereocenters. The Labute approximate surface area is 147 Å². The topological polar surface area (TPSA) is 73.7 Å². The van der Waals surface area contributed by atoms with Gasteiger partial charge in [-0.25, -0.2) is 9.69 Å². The van der Waals surface area contributed by atoms with Crippen LogP contribution in [0.1, 0.15) is 19.4 Å². The molecule has 0 bridgehead atoms. The zero-order chi connectivity index (χ0) is 17.5. The van der Waals surface area contributed by atoms with Crippen LogP contribution in [0, 0.1) is 0 Å². The van der Waals surface area contributed by atoms with Crippen LogP contribution >= 0.6 is 15.9 Å². The average Bonchev–Trinajstić information content (AvgIpc) is 2.72. The number of carbonyl (C=O) groups is 2. The van der Waals surface area contributed by atoms with Gasteiger partial charge in [-0.1, -0.05) is 0 Å². The quantitative estimate of drug-likeness (QED) is 0.817. The van der Waals surface area contributed by atoms with Gasteiger partial charge in [-0.15, -0.1) is 0 Å². The highest BCUT2D eigenvalue weighted by molar-refractivity contribution is 9.10. The van der Waals surface area contributed by atoms with E-state index in [0.717, 1.165) is 10.5 Å². The van der Waals surface area contributed by atoms with Crippen molar-refractivity contribution in [1.29, 1.82) is 0 Å². The van der Waals surface area contributed by atoms with Gasteiger partial charge in [0.2, 0.25) is 0 Å². The Bertz CT molecular complexity index is 808. The first-order chi connectivity index (χ1) is 11.3. The fraction of sp³-hybridized carbons (Fsp3) is 0.235. The van der Waals surface area contributed by atoms with Crippen LogP contribution in [0.2, 0.25) is 0 Å². The predicted octanol–water partition coefficient (Wildman–Crippen LogP) is 3.30. The van der Waals surface area contributed by atoms with Crippen molar-refractivity contribution >= 4 is 33.6 Å². The van der Waals surface area contributed by atoms with Crippen LogP contribution in [0.25, 0.3) is 0 Å². The van der Waals surface area contributed by atoms with E-state index in [4.69, 9.17) is 0 Å². The summed E-state index contributed by atoms with van der Waals surface area (Å²) in [7, 11) is 0. The fourth-order valence-electron chi connectivity index (χ4n) is 2.63. The first-order valence-corrected chi connectivity index (χ1v) is 8.15. The van der Waals surface area contributed by atoms with Gasteiger partial charge < -0.3 is 10.0 Å². The number of aromatic nitrogens is 1. The molecule has 7 heteroatoms. The number of nitrogens with zero attached hydrogens (tertiary/aromatic N) is 3. The van der Waals surface area contributed by atoms with Crippen LogP contribution in [0.5, 0.6) is 5.75 Å². The number of benzene rings is 1. The second-order valence-corrected chi connectivity index (χ2v) is 6.91. The highest BCUT2D eigenvalue weighted by Gasteiger charge is 2.51. The number of aromatic hydroxyl groups is 1. The molecule has 1 fully saturated rings. The van der Waals surface area contributed by atoms with Crippen molar-refractivity contribution in [3.8, 4) is 5.75 Å². The molecular weight excluding hydrogens is 374 g/mol. The second kappa shape index (κ2) is 5.90. The Kier molecular flexibility index (Phi) is 4.04. The number of amides is 3. The zero-order valence-corrected chi connectivity index (χ0v) is 14.8. The van der Waals surface area contributed by atoms with Crippen molar-refractivity contribution < 1.29 is 14.7 Å². The van der Waals surface area contributed by atoms with Crippen LogP contribution < -0.4 is 4.90 Å². The van der Waals surface area contributed by atoms with E-state index in [-0.39, 0.29) is 17.7 Å². The lowest BCUT2D eigenvalue weighted by atomic mass is 10.0. The SMILES string of the molecule is CC1(C)C(=O)N(c2ccc(O)c(Br)c2)C(=O)N1Cc1ccncc1. The third-order valence-corrected chi connectivity index (χ3v) is 4.74. The summed E-state index contributed by atoms with van der Waals surface area (Å²) in [5.41, 5.74) is 0.345. The molecule has 6 nitrogen and oxygen atoms in total. The van der Waals surface area contributed by atoms with Gasteiger partial charge in [0.1, 0.15) is 11.3 Å². The van der Waals surface area contributed by atoms with E-state index in [9.17, 15) is 14.7 Å². The summed E-state index contributed by atoms with van der Waals surface area (Å²) < 4.78 is 0.422. The molecule has 1 aromatic carbocycles. The minimum Gasteiger partial charge on any atom is -0.507 e. The summed E-state index contributed by atoms with van der Waals surface area (Å²) in [4.78, 5) is 32.3. The molecule has 3 rings (SSSR count). The van der Waals surface area contributed by atoms with Crippen molar-refractivity contribution in [1.82, 2.24) is 9.88 Å². The van der Waals surface area contributed by atoms with E-state index >= 15 is 0 Å². The van der Waals surface area contributed by atoms with Gasteiger partial charge in [-0.05, 0) is 65.7 Å². The second-order valence-electron chi connectivity index (χ2n) is 6.06. The molecule has 124 valence electrons. The smallest absolute Gasteiger partial charge is 0.332 e. The lowest BCUT2D eigenvalue weighted by Gasteiger charge is -2.27. The van der Waals surface area contributed by atoms with Crippen LogP contribution in [0.15, 0.2) is 47.2 Å². The molecule has 1 aliphatic heterocycles. The Balaban J connectivity index is 1.97. The van der Waals surface area contributed by atoms with Crippen LogP contribution in [0.4, 0.5) is 10.5 Å². The van der Waals surface area contributed by atoms with E-state index in [1.54, 1.807) is 38.4 Å². The van der Waals surface area contributed by atoms with Crippen molar-refractivity contribution in [2.75, 3.05) is 4.90 Å². The maximum Gasteiger partial charge on any atom is 0.332 e. The average molecular weight is 390 g/mol. The zero-order valence-electron chi connectivity index (χ0n) is 13.2. The Morgan fingerprint density at radius 1 is 1.17 bits per heavy atom. The van der Waals surface area contributed by atoms with E-state index < -0.39 is 5.54 Å². The summed E-state index contributed by atoms with van der Waals surface area (Å²) in [6.45, 7) is 3.77. The van der Waals surface area contributed by atoms with Crippen LogP contribution in [-0.2, 0) is 11.3 Å². The van der Waals surface area contributed by atoms with Gasteiger partial charge >= 0.3 is 6.03 Å². The van der Waals surface area contributed by atoms with E-state index in [1.165, 1.54) is 11.0 Å². The van der Waals surface area contributed by atoms with Crippen molar-refractivity contribution in [2.24, 2.45) is 0 Å². The molecule has 1 N–H and O–H groups in total. The van der Waals surface area contributed by atoms with E-state index in [0.29, 0.717) is 16.7 Å². The highest BCUT2D eigenvalue weighted by Crippen LogP contribution is 2.36. The first-order valence-electron chi connectivity index (χ1n) is 7.36. The number of carbonyl (C=O) groups excluding carboxylic acids is 2. The number of phenols is 1. The molecular formula is C17H16BrN3O3. The van der Waals surface area contributed by atoms with Gasteiger partial charge in [-0.2, -0.15) is 0 Å². The summed E-state index contributed by atoms with van der Waals surface area (Å²) in [6, 6.07) is 7.78. The number of hydrogen-bond acceptors (Lipinski definition) is 4. The molecule has 2 aromatic rings. The van der Waals surface area contributed by atoms with Crippen LogP contribution in [-0.4, -0.2) is 32.5 Å². The molecule has 0 radical (unpaired) electrons. The van der Waals surface area contributed by atoms with E-state index in [2.05, 4.69) is 20.9 Å². The minimum absolute atomic E-state index is 0.0470. The maximum atomic E-state index is 12.9. The monoisotopic (exact) mass is 389 g/mol. The summed E-state index contributed by atoms with van der Waals surface area (Å²) in [6.07, 6.45) is 3.30. The lowest BCUT2D eigenvalue weighted by Crippen LogP contribution is -2.43. The van der Waals surface area contributed by atoms with Crippen molar-refractivity contribution in [2.45, 2.75) is 25.9 Å². The molecule has 1 saturated heterocycles. The van der Waals surface area contributed by atoms with Crippen molar-refractivity contribution in [3.05, 3.63) is 52.8 Å². The molecule has 3 amide bonds. The highest BCUT2D eigenvalue weighted by atomic mass is 79.9. The van der Waals surface area contributed by atoms with Gasteiger partial charge in [0, 0.05) is 18.9 Å². The molecule has 24 heavy (non-hydrogen) atoms. The first kappa shape index (κ1) is 16.4. The summed E-state index contributed by atoms with van der Waals surface area (Å²) in [5.74, 6) is -0.259. The third-order valence-electron chi connectivity index (χ3n) is 4.10. The van der Waals surface area contributed by atoms with Gasteiger partial charge in [0.25, 0.3) is 5.91 Å². The molecule has 2 heterocycles. The minimum atomic E-state index is -0.968. The summed E-state index contributed by atoms with van der Waals surface area (Å²) in [5, 5.41) is 9.62. The number of urea groups is 1. The molecule has 0 spiro atoms. The van der Waals surface area contributed by atoms with Gasteiger partial charge in [-0.3, -0.25) is 9.78 Å². The number of anilines is 1. The molecule has 0 saturated carbocycles. The van der Waals surface area contributed by atoms with Crippen LogP contribution in [0.3, 0.4) is 0 Å². The Hall–Kier alpha value is -2.41. The van der Waals surface area contributed by atoms with Gasteiger partial charge in [0.15, 0.2) is 0 Å². The number of pyridine rings is 1. The number of halogens is 1. The third kappa shape index (κ3) is 2.65. The van der Waals surface area contributed by atoms with E-state index in [1.807, 2.05) is 12.1 Å².